The van der Waals surface area contributed by atoms with Gasteiger partial charge in [0.2, 0.25) is 0 Å². The molecule has 1 heterocycles. The van der Waals surface area contributed by atoms with Crippen LogP contribution in [0.15, 0.2) is 24.3 Å². The van der Waals surface area contributed by atoms with Crippen molar-refractivity contribution in [3.8, 4) is 5.69 Å². The predicted molar refractivity (Wildman–Crippen MR) is 60.2 cm³/mol. The van der Waals surface area contributed by atoms with Crippen LogP contribution in [0.25, 0.3) is 5.69 Å². The second-order valence-corrected chi connectivity index (χ2v) is 3.89. The van der Waals surface area contributed by atoms with Crippen molar-refractivity contribution in [1.82, 2.24) is 9.78 Å². The van der Waals surface area contributed by atoms with Crippen LogP contribution in [0.2, 0.25) is 5.02 Å². The number of aromatic nitrogens is 2. The molecule has 0 saturated carbocycles. The average molecular weight is 255 g/mol. The number of carboxylic acid groups (broad SMARTS) is 1. The molecule has 0 fully saturated rings. The predicted octanol–water partition coefficient (Wildman–Crippen LogP) is 2.67. The Morgan fingerprint density at radius 3 is 2.71 bits per heavy atom. The van der Waals surface area contributed by atoms with Gasteiger partial charge in [-0.3, -0.25) is 0 Å². The van der Waals surface area contributed by atoms with Crippen LogP contribution in [0.3, 0.4) is 0 Å². The molecule has 17 heavy (non-hydrogen) atoms. The van der Waals surface area contributed by atoms with Crippen LogP contribution in [-0.2, 0) is 0 Å². The van der Waals surface area contributed by atoms with E-state index in [9.17, 15) is 9.18 Å². The van der Waals surface area contributed by atoms with Gasteiger partial charge in [0.1, 0.15) is 5.82 Å². The number of carboxylic acids is 1. The van der Waals surface area contributed by atoms with Gasteiger partial charge in [0.25, 0.3) is 0 Å². The van der Waals surface area contributed by atoms with Gasteiger partial charge >= 0.3 is 5.97 Å². The summed E-state index contributed by atoms with van der Waals surface area (Å²) in [5.41, 5.74) is 1.08. The Balaban J connectivity index is 2.52. The number of nitrogens with zero attached hydrogens (tertiary/aromatic N) is 2. The monoisotopic (exact) mass is 254 g/mol. The van der Waals surface area contributed by atoms with Gasteiger partial charge in [-0.2, -0.15) is 5.10 Å². The molecule has 0 amide bonds. The first kappa shape index (κ1) is 11.6. The maximum atomic E-state index is 13.0. The van der Waals surface area contributed by atoms with Gasteiger partial charge in [-0.1, -0.05) is 11.6 Å². The fourth-order valence-electron chi connectivity index (χ4n) is 1.46. The van der Waals surface area contributed by atoms with Crippen molar-refractivity contribution in [3.63, 3.8) is 0 Å². The van der Waals surface area contributed by atoms with Crippen molar-refractivity contribution in [2.45, 2.75) is 6.92 Å². The molecular formula is C11H8ClFN2O2. The van der Waals surface area contributed by atoms with Crippen molar-refractivity contribution in [2.24, 2.45) is 0 Å². The highest BCUT2D eigenvalue weighted by Gasteiger charge is 2.12. The van der Waals surface area contributed by atoms with Gasteiger partial charge in [0.05, 0.1) is 10.7 Å². The van der Waals surface area contributed by atoms with Crippen LogP contribution in [0.5, 0.6) is 0 Å². The first-order valence-corrected chi connectivity index (χ1v) is 5.12. The average Bonchev–Trinajstić information content (AvgIpc) is 2.65. The Morgan fingerprint density at radius 2 is 2.18 bits per heavy atom. The number of aromatic carboxylic acids is 1. The molecule has 0 atom stereocenters. The van der Waals surface area contributed by atoms with E-state index >= 15 is 0 Å². The smallest absolute Gasteiger partial charge is 0.356 e. The van der Waals surface area contributed by atoms with Gasteiger partial charge in [-0.15, -0.1) is 0 Å². The highest BCUT2D eigenvalue weighted by molar-refractivity contribution is 6.30. The first-order chi connectivity index (χ1) is 7.99. The summed E-state index contributed by atoms with van der Waals surface area (Å²) < 4.78 is 14.4. The van der Waals surface area contributed by atoms with Crippen molar-refractivity contribution in [3.05, 3.63) is 46.5 Å². The standard InChI is InChI=1S/C11H8ClFN2O2/c1-6-4-10(11(16)17)14-15(6)7-2-3-9(13)8(12)5-7/h2-5H,1H3,(H,16,17). The van der Waals surface area contributed by atoms with E-state index in [4.69, 9.17) is 16.7 Å². The minimum Gasteiger partial charge on any atom is -0.476 e. The van der Waals surface area contributed by atoms with Gasteiger partial charge in [0, 0.05) is 5.69 Å². The second-order valence-electron chi connectivity index (χ2n) is 3.49. The molecule has 0 spiro atoms. The summed E-state index contributed by atoms with van der Waals surface area (Å²) in [4.78, 5) is 10.8. The van der Waals surface area contributed by atoms with Gasteiger partial charge < -0.3 is 5.11 Å². The topological polar surface area (TPSA) is 55.1 Å². The maximum Gasteiger partial charge on any atom is 0.356 e. The molecule has 0 saturated heterocycles. The summed E-state index contributed by atoms with van der Waals surface area (Å²) in [6.07, 6.45) is 0. The molecule has 0 aliphatic carbocycles. The highest BCUT2D eigenvalue weighted by Crippen LogP contribution is 2.20. The molecule has 2 rings (SSSR count). The normalized spacial score (nSPS) is 10.5. The SMILES string of the molecule is Cc1cc(C(=O)O)nn1-c1ccc(F)c(Cl)c1. The quantitative estimate of drug-likeness (QED) is 0.896. The lowest BCUT2D eigenvalue weighted by Crippen LogP contribution is -2.02. The molecule has 0 bridgehead atoms. The van der Waals surface area contributed by atoms with Gasteiger partial charge in [-0.05, 0) is 31.2 Å². The number of benzene rings is 1. The van der Waals surface area contributed by atoms with E-state index in [-0.39, 0.29) is 10.7 Å². The van der Waals surface area contributed by atoms with Crippen LogP contribution in [0.4, 0.5) is 4.39 Å². The summed E-state index contributed by atoms with van der Waals surface area (Å²) in [7, 11) is 0. The third-order valence-corrected chi connectivity index (χ3v) is 2.54. The zero-order valence-electron chi connectivity index (χ0n) is 8.82. The molecular weight excluding hydrogens is 247 g/mol. The molecule has 4 nitrogen and oxygen atoms in total. The molecule has 0 aliphatic rings. The summed E-state index contributed by atoms with van der Waals surface area (Å²) in [6.45, 7) is 1.71. The van der Waals surface area contributed by atoms with Crippen molar-refractivity contribution < 1.29 is 14.3 Å². The lowest BCUT2D eigenvalue weighted by molar-refractivity contribution is 0.0690. The molecule has 0 unspecified atom stereocenters. The molecule has 1 aromatic heterocycles. The summed E-state index contributed by atoms with van der Waals surface area (Å²) in [6, 6.07) is 5.51. The van der Waals surface area contributed by atoms with E-state index in [0.717, 1.165) is 0 Å². The summed E-state index contributed by atoms with van der Waals surface area (Å²) in [5, 5.41) is 12.7. The number of halogens is 2. The fraction of sp³-hybridized carbons (Fsp3) is 0.0909. The maximum absolute atomic E-state index is 13.0. The number of aryl methyl sites for hydroxylation is 1. The zero-order chi connectivity index (χ0) is 12.6. The van der Waals surface area contributed by atoms with Crippen LogP contribution in [0, 0.1) is 12.7 Å². The summed E-state index contributed by atoms with van der Waals surface area (Å²) in [5.74, 6) is -1.64. The minimum atomic E-state index is -1.11. The van der Waals surface area contributed by atoms with Gasteiger partial charge in [0.15, 0.2) is 5.69 Å². The van der Waals surface area contributed by atoms with Crippen LogP contribution < -0.4 is 0 Å². The Kier molecular flexibility index (Phi) is 2.85. The second kappa shape index (κ2) is 4.18. The zero-order valence-corrected chi connectivity index (χ0v) is 9.57. The summed E-state index contributed by atoms with van der Waals surface area (Å²) >= 11 is 5.65. The molecule has 2 aromatic rings. The van der Waals surface area contributed by atoms with E-state index < -0.39 is 11.8 Å². The fourth-order valence-corrected chi connectivity index (χ4v) is 1.63. The van der Waals surface area contributed by atoms with E-state index in [2.05, 4.69) is 5.10 Å². The number of hydrogen-bond acceptors (Lipinski definition) is 2. The van der Waals surface area contributed by atoms with Crippen LogP contribution in [-0.4, -0.2) is 20.9 Å². The molecule has 6 heteroatoms. The van der Waals surface area contributed by atoms with Crippen molar-refractivity contribution >= 4 is 17.6 Å². The van der Waals surface area contributed by atoms with E-state index in [1.165, 1.54) is 28.9 Å². The van der Waals surface area contributed by atoms with Crippen molar-refractivity contribution in [1.29, 1.82) is 0 Å². The number of carbonyl (C=O) groups is 1. The molecule has 1 aromatic carbocycles. The molecule has 88 valence electrons. The van der Waals surface area contributed by atoms with Gasteiger partial charge in [-0.25, -0.2) is 13.9 Å². The largest absolute Gasteiger partial charge is 0.476 e. The lowest BCUT2D eigenvalue weighted by Gasteiger charge is -2.04. The Morgan fingerprint density at radius 1 is 1.47 bits per heavy atom. The van der Waals surface area contributed by atoms with Crippen LogP contribution in [0.1, 0.15) is 16.2 Å². The Bertz CT molecular complexity index is 595. The van der Waals surface area contributed by atoms with E-state index in [1.54, 1.807) is 6.92 Å². The highest BCUT2D eigenvalue weighted by atomic mass is 35.5. The molecule has 0 aliphatic heterocycles. The third-order valence-electron chi connectivity index (χ3n) is 2.25. The Labute approximate surface area is 101 Å². The van der Waals surface area contributed by atoms with E-state index in [1.807, 2.05) is 0 Å². The number of hydrogen-bond donors (Lipinski definition) is 1. The first-order valence-electron chi connectivity index (χ1n) is 4.74. The minimum absolute atomic E-state index is 0.0331. The Hall–Kier alpha value is -1.88. The lowest BCUT2D eigenvalue weighted by atomic mass is 10.3. The van der Waals surface area contributed by atoms with Crippen molar-refractivity contribution in [2.75, 3.05) is 0 Å². The number of rotatable bonds is 2. The third kappa shape index (κ3) is 2.14. The van der Waals surface area contributed by atoms with E-state index in [0.29, 0.717) is 11.4 Å². The van der Waals surface area contributed by atoms with Crippen LogP contribution >= 0.6 is 11.6 Å². The molecule has 1 N–H and O–H groups in total. The molecule has 0 radical (unpaired) electrons.